The van der Waals surface area contributed by atoms with Crippen molar-refractivity contribution in [2.75, 3.05) is 0 Å². The van der Waals surface area contributed by atoms with E-state index in [0.29, 0.717) is 9.99 Å². The second-order valence-corrected chi connectivity index (χ2v) is 7.58. The Bertz CT molecular complexity index is 1080. The van der Waals surface area contributed by atoms with Crippen LogP contribution in [0.25, 0.3) is 11.1 Å². The van der Waals surface area contributed by atoms with Gasteiger partial charge in [0.2, 0.25) is 0 Å². The third-order valence-corrected chi connectivity index (χ3v) is 5.54. The second kappa shape index (κ2) is 6.68. The van der Waals surface area contributed by atoms with Gasteiger partial charge < -0.3 is 9.52 Å². The van der Waals surface area contributed by atoms with Crippen LogP contribution in [0.4, 0.5) is 13.2 Å². The second-order valence-electron chi connectivity index (χ2n) is 6.26. The van der Waals surface area contributed by atoms with Crippen LogP contribution in [0.3, 0.4) is 0 Å². The van der Waals surface area contributed by atoms with E-state index in [1.807, 2.05) is 0 Å². The van der Waals surface area contributed by atoms with E-state index in [1.54, 1.807) is 6.07 Å². The van der Waals surface area contributed by atoms with Crippen LogP contribution in [-0.4, -0.2) is 15.8 Å². The van der Waals surface area contributed by atoms with Crippen molar-refractivity contribution in [2.45, 2.75) is 24.6 Å². The zero-order valence-corrected chi connectivity index (χ0v) is 16.5. The molecule has 3 aromatic rings. The fraction of sp³-hybridized carbons (Fsp3) is 0.278. The van der Waals surface area contributed by atoms with E-state index in [9.17, 15) is 23.1 Å². The zero-order valence-electron chi connectivity index (χ0n) is 14.1. The first-order chi connectivity index (χ1) is 12.5. The maximum Gasteiger partial charge on any atom is 0.422 e. The fourth-order valence-electron chi connectivity index (χ4n) is 3.11. The van der Waals surface area contributed by atoms with Gasteiger partial charge in [0.15, 0.2) is 11.2 Å². The van der Waals surface area contributed by atoms with Crippen LogP contribution in [0.2, 0.25) is 5.02 Å². The molecule has 1 aromatic heterocycles. The number of oxazole rings is 1. The quantitative estimate of drug-likeness (QED) is 0.587. The highest BCUT2D eigenvalue weighted by molar-refractivity contribution is 9.10. The van der Waals surface area contributed by atoms with Crippen molar-refractivity contribution in [1.29, 1.82) is 0 Å². The minimum absolute atomic E-state index is 0.0446. The summed E-state index contributed by atoms with van der Waals surface area (Å²) in [6.45, 7) is 1.24. The van der Waals surface area contributed by atoms with Crippen molar-refractivity contribution < 1.29 is 22.7 Å². The SMILES string of the molecule is C[C@H](c1ccc(Br)cc1Cl)[C@@](O)(c1ccc2c(c1)oc(=O)n2C)C(F)(F)F. The van der Waals surface area contributed by atoms with E-state index in [-0.39, 0.29) is 16.2 Å². The Balaban J connectivity index is 2.22. The number of aryl methyl sites for hydroxylation is 1. The van der Waals surface area contributed by atoms with Crippen molar-refractivity contribution in [2.24, 2.45) is 7.05 Å². The van der Waals surface area contributed by atoms with Crippen molar-refractivity contribution in [1.82, 2.24) is 4.57 Å². The molecule has 1 N–H and O–H groups in total. The molecule has 0 bridgehead atoms. The monoisotopic (exact) mass is 463 g/mol. The molecule has 0 aliphatic heterocycles. The van der Waals surface area contributed by atoms with Gasteiger partial charge >= 0.3 is 11.9 Å². The van der Waals surface area contributed by atoms with Gasteiger partial charge in [-0.1, -0.05) is 46.6 Å². The lowest BCUT2D eigenvalue weighted by Crippen LogP contribution is -2.46. The van der Waals surface area contributed by atoms with Crippen molar-refractivity contribution >= 4 is 38.6 Å². The maximum absolute atomic E-state index is 14.0. The summed E-state index contributed by atoms with van der Waals surface area (Å²) in [6, 6.07) is 7.91. The molecule has 0 amide bonds. The highest BCUT2D eigenvalue weighted by Gasteiger charge is 2.59. The fourth-order valence-corrected chi connectivity index (χ4v) is 3.94. The van der Waals surface area contributed by atoms with Gasteiger partial charge in [0.1, 0.15) is 0 Å². The summed E-state index contributed by atoms with van der Waals surface area (Å²) in [7, 11) is 1.44. The van der Waals surface area contributed by atoms with Crippen LogP contribution in [0.5, 0.6) is 0 Å². The topological polar surface area (TPSA) is 55.4 Å². The zero-order chi connectivity index (χ0) is 20.1. The molecule has 1 heterocycles. The highest BCUT2D eigenvalue weighted by Crippen LogP contribution is 2.50. The lowest BCUT2D eigenvalue weighted by Gasteiger charge is -2.37. The molecule has 27 heavy (non-hydrogen) atoms. The molecule has 0 saturated heterocycles. The van der Waals surface area contributed by atoms with E-state index in [1.165, 1.54) is 36.7 Å². The van der Waals surface area contributed by atoms with Gasteiger partial charge in [0.05, 0.1) is 5.52 Å². The van der Waals surface area contributed by atoms with Crippen LogP contribution >= 0.6 is 27.5 Å². The molecule has 4 nitrogen and oxygen atoms in total. The molecule has 0 spiro atoms. The summed E-state index contributed by atoms with van der Waals surface area (Å²) < 4.78 is 48.8. The lowest BCUT2D eigenvalue weighted by molar-refractivity contribution is -0.274. The average molecular weight is 465 g/mol. The molecule has 2 atom stereocenters. The van der Waals surface area contributed by atoms with Crippen LogP contribution < -0.4 is 5.76 Å². The van der Waals surface area contributed by atoms with E-state index < -0.39 is 29.0 Å². The summed E-state index contributed by atoms with van der Waals surface area (Å²) in [6.07, 6.45) is -5.01. The Morgan fingerprint density at radius 3 is 2.48 bits per heavy atom. The first kappa shape index (κ1) is 20.0. The maximum atomic E-state index is 14.0. The Morgan fingerprint density at radius 1 is 1.22 bits per heavy atom. The molecule has 3 rings (SSSR count). The molecule has 2 aromatic carbocycles. The Kier molecular flexibility index (Phi) is 4.95. The third-order valence-electron chi connectivity index (χ3n) is 4.72. The number of hydrogen-bond donors (Lipinski definition) is 1. The number of fused-ring (bicyclic) bond motifs is 1. The van der Waals surface area contributed by atoms with Gasteiger partial charge in [-0.05, 0) is 35.4 Å². The molecule has 0 aliphatic carbocycles. The van der Waals surface area contributed by atoms with Gasteiger partial charge in [-0.15, -0.1) is 0 Å². The lowest BCUT2D eigenvalue weighted by atomic mass is 9.77. The largest absolute Gasteiger partial charge is 0.422 e. The predicted molar refractivity (Wildman–Crippen MR) is 99.0 cm³/mol. The van der Waals surface area contributed by atoms with Crippen LogP contribution in [-0.2, 0) is 12.6 Å². The molecule has 144 valence electrons. The van der Waals surface area contributed by atoms with Gasteiger partial charge in [-0.25, -0.2) is 4.79 Å². The van der Waals surface area contributed by atoms with Crippen molar-refractivity contribution in [3.05, 3.63) is 67.6 Å². The standard InChI is InChI=1S/C18H14BrClF3NO3/c1-9(12-5-4-11(19)8-13(12)20)17(26,18(21,22)23)10-3-6-14-15(7-10)27-16(25)24(14)2/h3-9,26H,1-2H3/t9-,17-/m1/s1. The summed E-state index contributed by atoms with van der Waals surface area (Å²) in [5, 5.41) is 10.9. The molecule has 0 radical (unpaired) electrons. The molecule has 0 fully saturated rings. The molecule has 0 unspecified atom stereocenters. The molecule has 9 heteroatoms. The number of alkyl halides is 3. The van der Waals surface area contributed by atoms with Gasteiger partial charge in [-0.3, -0.25) is 4.57 Å². The number of aliphatic hydroxyl groups is 1. The molecular formula is C18H14BrClF3NO3. The normalized spacial score (nSPS) is 15.7. The minimum Gasteiger partial charge on any atom is -0.408 e. The molecule has 0 aliphatic rings. The number of rotatable bonds is 3. The van der Waals surface area contributed by atoms with Gasteiger partial charge in [-0.2, -0.15) is 13.2 Å². The van der Waals surface area contributed by atoms with E-state index >= 15 is 0 Å². The third kappa shape index (κ3) is 3.19. The number of hydrogen-bond acceptors (Lipinski definition) is 3. The molecule has 0 saturated carbocycles. The van der Waals surface area contributed by atoms with Crippen molar-refractivity contribution in [3.63, 3.8) is 0 Å². The number of aromatic nitrogens is 1. The first-order valence-electron chi connectivity index (χ1n) is 7.81. The van der Waals surface area contributed by atoms with E-state index in [4.69, 9.17) is 16.0 Å². The number of benzene rings is 2. The summed E-state index contributed by atoms with van der Waals surface area (Å²) in [5.41, 5.74) is -3.27. The number of nitrogens with zero attached hydrogens (tertiary/aromatic N) is 1. The Hall–Kier alpha value is -1.77. The first-order valence-corrected chi connectivity index (χ1v) is 8.98. The minimum atomic E-state index is -5.01. The molecular weight excluding hydrogens is 451 g/mol. The summed E-state index contributed by atoms with van der Waals surface area (Å²) in [4.78, 5) is 11.6. The van der Waals surface area contributed by atoms with Crippen LogP contribution in [0.1, 0.15) is 24.0 Å². The number of halogens is 5. The Labute approximate surface area is 165 Å². The smallest absolute Gasteiger partial charge is 0.408 e. The highest BCUT2D eigenvalue weighted by atomic mass is 79.9. The van der Waals surface area contributed by atoms with Crippen molar-refractivity contribution in [3.8, 4) is 0 Å². The van der Waals surface area contributed by atoms with Crippen LogP contribution in [0.15, 0.2) is 50.1 Å². The van der Waals surface area contributed by atoms with Gasteiger partial charge in [0.25, 0.3) is 0 Å². The Morgan fingerprint density at radius 2 is 1.89 bits per heavy atom. The summed E-state index contributed by atoms with van der Waals surface area (Å²) >= 11 is 9.32. The van der Waals surface area contributed by atoms with E-state index in [2.05, 4.69) is 15.9 Å². The predicted octanol–water partition coefficient (Wildman–Crippen LogP) is 5.10. The summed E-state index contributed by atoms with van der Waals surface area (Å²) in [5.74, 6) is -2.13. The average Bonchev–Trinajstić information content (AvgIpc) is 2.86. The van der Waals surface area contributed by atoms with Gasteiger partial charge in [0, 0.05) is 22.5 Å². The van der Waals surface area contributed by atoms with Crippen LogP contribution in [0, 0.1) is 0 Å². The van der Waals surface area contributed by atoms with E-state index in [0.717, 1.165) is 12.1 Å².